The maximum atomic E-state index is 12.4. The number of fused-ring (bicyclic) bond motifs is 1. The van der Waals surface area contributed by atoms with E-state index in [1.807, 2.05) is 40.3 Å². The molecule has 0 aliphatic heterocycles. The minimum Gasteiger partial charge on any atom is -0.290 e. The highest BCUT2D eigenvalue weighted by molar-refractivity contribution is 7.12. The fraction of sp³-hybridized carbons (Fsp3) is 0.294. The summed E-state index contributed by atoms with van der Waals surface area (Å²) in [7, 11) is 0. The second-order valence-corrected chi connectivity index (χ2v) is 6.29. The number of nitrogens with zero attached hydrogens (tertiary/aromatic N) is 2. The Kier molecular flexibility index (Phi) is 4.24. The lowest BCUT2D eigenvalue weighted by Gasteiger charge is -2.01. The molecule has 0 amide bonds. The molecule has 22 heavy (non-hydrogen) atoms. The summed E-state index contributed by atoms with van der Waals surface area (Å²) in [5.74, 6) is 0.754. The number of thiophene rings is 1. The SMILES string of the molecule is CCCCn1c(N)[n+](CC(=O)c2cccs2)c2ccccc21. The zero-order chi connectivity index (χ0) is 15.5. The van der Waals surface area contributed by atoms with Gasteiger partial charge in [-0.25, -0.2) is 9.13 Å². The van der Waals surface area contributed by atoms with Crippen molar-refractivity contribution in [3.63, 3.8) is 0 Å². The van der Waals surface area contributed by atoms with Crippen molar-refractivity contribution in [2.24, 2.45) is 0 Å². The number of ketones is 1. The number of hydrogen-bond acceptors (Lipinski definition) is 3. The lowest BCUT2D eigenvalue weighted by Crippen LogP contribution is -2.40. The molecule has 3 aromatic rings. The first-order valence-electron chi connectivity index (χ1n) is 7.55. The summed E-state index contributed by atoms with van der Waals surface area (Å²) in [6.07, 6.45) is 2.18. The van der Waals surface area contributed by atoms with Crippen LogP contribution in [-0.4, -0.2) is 10.4 Å². The van der Waals surface area contributed by atoms with Crippen LogP contribution in [0.25, 0.3) is 11.0 Å². The van der Waals surface area contributed by atoms with Crippen LogP contribution in [0.4, 0.5) is 5.95 Å². The Morgan fingerprint density at radius 1 is 1.27 bits per heavy atom. The molecule has 0 bridgehead atoms. The van der Waals surface area contributed by atoms with Gasteiger partial charge in [-0.3, -0.25) is 10.5 Å². The third-order valence-electron chi connectivity index (χ3n) is 3.85. The molecule has 0 saturated heterocycles. The van der Waals surface area contributed by atoms with Gasteiger partial charge >= 0.3 is 5.95 Å². The summed E-state index contributed by atoms with van der Waals surface area (Å²) in [6.45, 7) is 3.32. The molecule has 0 unspecified atom stereocenters. The molecule has 114 valence electrons. The molecule has 0 saturated carbocycles. The predicted octanol–water partition coefficient (Wildman–Crippen LogP) is 3.26. The monoisotopic (exact) mass is 314 g/mol. The van der Waals surface area contributed by atoms with Gasteiger partial charge in [0.15, 0.2) is 0 Å². The van der Waals surface area contributed by atoms with Crippen molar-refractivity contribution in [3.8, 4) is 0 Å². The Morgan fingerprint density at radius 3 is 2.82 bits per heavy atom. The van der Waals surface area contributed by atoms with E-state index < -0.39 is 0 Å². The van der Waals surface area contributed by atoms with E-state index in [0.29, 0.717) is 5.95 Å². The van der Waals surface area contributed by atoms with E-state index in [0.717, 1.165) is 35.3 Å². The molecule has 0 aliphatic rings. The van der Waals surface area contributed by atoms with Crippen molar-refractivity contribution >= 4 is 34.1 Å². The van der Waals surface area contributed by atoms with Gasteiger partial charge in [0, 0.05) is 0 Å². The second-order valence-electron chi connectivity index (χ2n) is 5.34. The molecule has 5 heteroatoms. The van der Waals surface area contributed by atoms with Crippen molar-refractivity contribution in [1.29, 1.82) is 0 Å². The quantitative estimate of drug-likeness (QED) is 0.561. The van der Waals surface area contributed by atoms with Crippen LogP contribution in [-0.2, 0) is 13.1 Å². The molecule has 0 radical (unpaired) electrons. The third-order valence-corrected chi connectivity index (χ3v) is 4.76. The zero-order valence-corrected chi connectivity index (χ0v) is 13.5. The molecular weight excluding hydrogens is 294 g/mol. The van der Waals surface area contributed by atoms with Crippen molar-refractivity contribution < 1.29 is 9.36 Å². The summed E-state index contributed by atoms with van der Waals surface area (Å²) >= 11 is 1.47. The average molecular weight is 314 g/mol. The molecule has 2 N–H and O–H groups in total. The Labute approximate surface area is 133 Å². The van der Waals surface area contributed by atoms with E-state index in [1.165, 1.54) is 11.3 Å². The minimum absolute atomic E-state index is 0.102. The number of imidazole rings is 1. The summed E-state index contributed by atoms with van der Waals surface area (Å²) in [5, 5.41) is 1.92. The number of nitrogen functional groups attached to an aromatic ring is 1. The Bertz CT molecular complexity index is 790. The van der Waals surface area contributed by atoms with Crippen LogP contribution in [0, 0.1) is 0 Å². The highest BCUT2D eigenvalue weighted by Crippen LogP contribution is 2.18. The lowest BCUT2D eigenvalue weighted by molar-refractivity contribution is -0.642. The number of Topliss-reactive ketones (excluding diaryl/α,β-unsaturated/α-hetero) is 1. The number of carbonyl (C=O) groups excluding carboxylic acids is 1. The highest BCUT2D eigenvalue weighted by atomic mass is 32.1. The molecule has 0 spiro atoms. The van der Waals surface area contributed by atoms with Gasteiger partial charge < -0.3 is 0 Å². The van der Waals surface area contributed by atoms with Gasteiger partial charge in [0.05, 0.1) is 11.4 Å². The number of carbonyl (C=O) groups is 1. The molecule has 0 fully saturated rings. The van der Waals surface area contributed by atoms with E-state index >= 15 is 0 Å². The first-order valence-corrected chi connectivity index (χ1v) is 8.43. The molecular formula is C17H20N3OS+. The molecule has 0 aliphatic carbocycles. The minimum atomic E-state index is 0.102. The van der Waals surface area contributed by atoms with Crippen molar-refractivity contribution in [2.75, 3.05) is 5.73 Å². The molecule has 1 aromatic carbocycles. The van der Waals surface area contributed by atoms with E-state index in [1.54, 1.807) is 0 Å². The van der Waals surface area contributed by atoms with Gasteiger partial charge in [-0.05, 0) is 30.0 Å². The molecule has 0 atom stereocenters. The molecule has 4 nitrogen and oxygen atoms in total. The van der Waals surface area contributed by atoms with Crippen LogP contribution in [0.1, 0.15) is 29.4 Å². The van der Waals surface area contributed by atoms with Crippen LogP contribution in [0.5, 0.6) is 0 Å². The number of nitrogens with two attached hydrogens (primary N) is 1. The number of unbranched alkanes of at least 4 members (excludes halogenated alkanes) is 1. The average Bonchev–Trinajstić information content (AvgIpc) is 3.14. The summed E-state index contributed by atoms with van der Waals surface area (Å²) < 4.78 is 4.04. The summed E-state index contributed by atoms with van der Waals surface area (Å²) in [4.78, 5) is 13.2. The van der Waals surface area contributed by atoms with Gasteiger partial charge in [0.25, 0.3) is 0 Å². The van der Waals surface area contributed by atoms with Crippen LogP contribution < -0.4 is 10.3 Å². The zero-order valence-electron chi connectivity index (χ0n) is 12.7. The summed E-state index contributed by atoms with van der Waals surface area (Å²) in [5.41, 5.74) is 8.44. The van der Waals surface area contributed by atoms with Gasteiger partial charge in [-0.2, -0.15) is 0 Å². The fourth-order valence-electron chi connectivity index (χ4n) is 2.69. The lowest BCUT2D eigenvalue weighted by atomic mass is 10.3. The van der Waals surface area contributed by atoms with Crippen molar-refractivity contribution in [2.45, 2.75) is 32.9 Å². The number of aromatic nitrogens is 2. The number of benzene rings is 1. The van der Waals surface area contributed by atoms with Crippen LogP contribution in [0.3, 0.4) is 0 Å². The van der Waals surface area contributed by atoms with E-state index in [-0.39, 0.29) is 12.3 Å². The van der Waals surface area contributed by atoms with Gasteiger partial charge in [0.2, 0.25) is 5.78 Å². The molecule has 2 aromatic heterocycles. The third kappa shape index (κ3) is 2.64. The van der Waals surface area contributed by atoms with Crippen molar-refractivity contribution in [3.05, 3.63) is 46.7 Å². The van der Waals surface area contributed by atoms with Gasteiger partial charge in [0.1, 0.15) is 17.6 Å². The van der Waals surface area contributed by atoms with E-state index in [4.69, 9.17) is 5.73 Å². The first kappa shape index (κ1) is 14.8. The smallest absolute Gasteiger partial charge is 0.290 e. The molecule has 3 rings (SSSR count). The van der Waals surface area contributed by atoms with E-state index in [2.05, 4.69) is 17.6 Å². The van der Waals surface area contributed by atoms with E-state index in [9.17, 15) is 4.79 Å². The predicted molar refractivity (Wildman–Crippen MR) is 90.1 cm³/mol. The Hall–Kier alpha value is -2.14. The number of anilines is 1. The first-order chi connectivity index (χ1) is 10.7. The fourth-order valence-corrected chi connectivity index (χ4v) is 3.35. The van der Waals surface area contributed by atoms with Gasteiger partial charge in [-0.15, -0.1) is 11.3 Å². The number of hydrogen-bond donors (Lipinski definition) is 1. The van der Waals surface area contributed by atoms with Crippen LogP contribution in [0.15, 0.2) is 41.8 Å². The van der Waals surface area contributed by atoms with Crippen LogP contribution in [0.2, 0.25) is 0 Å². The van der Waals surface area contributed by atoms with Crippen LogP contribution >= 0.6 is 11.3 Å². The summed E-state index contributed by atoms with van der Waals surface area (Å²) in [6, 6.07) is 11.8. The number of rotatable bonds is 6. The van der Waals surface area contributed by atoms with Gasteiger partial charge in [-0.1, -0.05) is 31.5 Å². The standard InChI is InChI=1S/C17H19N3OS/c1-2-3-10-19-13-7-4-5-8-14(13)20(17(19)18)12-15(21)16-9-6-11-22-16/h4-9,11,18H,2-3,10,12H2,1H3/p+1. The Balaban J connectivity index is 2.01. The highest BCUT2D eigenvalue weighted by Gasteiger charge is 2.22. The normalized spacial score (nSPS) is 11.1. The molecule has 2 heterocycles. The maximum Gasteiger partial charge on any atom is 0.356 e. The topological polar surface area (TPSA) is 51.9 Å². The number of para-hydroxylation sites is 2. The Morgan fingerprint density at radius 2 is 2.09 bits per heavy atom. The number of aryl methyl sites for hydroxylation is 1. The maximum absolute atomic E-state index is 12.4. The van der Waals surface area contributed by atoms with Crippen molar-refractivity contribution in [1.82, 2.24) is 4.57 Å². The largest absolute Gasteiger partial charge is 0.356 e. The second kappa shape index (κ2) is 6.32.